The number of hydrogen-bond acceptors (Lipinski definition) is 4. The summed E-state index contributed by atoms with van der Waals surface area (Å²) in [5.74, 6) is 1.76. The molecule has 150 valence electrons. The van der Waals surface area contributed by atoms with E-state index in [4.69, 9.17) is 14.2 Å². The maximum absolute atomic E-state index is 12.3. The zero-order valence-electron chi connectivity index (χ0n) is 17.0. The Morgan fingerprint density at radius 3 is 2.61 bits per heavy atom. The molecule has 0 unspecified atom stereocenters. The Balaban J connectivity index is 2.04. The molecule has 5 nitrogen and oxygen atoms in total. The van der Waals surface area contributed by atoms with Crippen LogP contribution in [0.3, 0.4) is 0 Å². The van der Waals surface area contributed by atoms with E-state index in [2.05, 4.69) is 12.2 Å². The molecule has 5 heteroatoms. The molecule has 0 spiro atoms. The van der Waals surface area contributed by atoms with Crippen molar-refractivity contribution in [1.29, 1.82) is 0 Å². The van der Waals surface area contributed by atoms with Gasteiger partial charge in [-0.25, -0.2) is 0 Å². The maximum Gasteiger partial charge on any atom is 0.248 e. The lowest BCUT2D eigenvalue weighted by Gasteiger charge is -2.13. The van der Waals surface area contributed by atoms with E-state index in [0.29, 0.717) is 29.5 Å². The molecule has 2 aromatic rings. The minimum absolute atomic E-state index is 0.0562. The van der Waals surface area contributed by atoms with E-state index < -0.39 is 0 Å². The van der Waals surface area contributed by atoms with E-state index in [1.54, 1.807) is 13.2 Å². The van der Waals surface area contributed by atoms with Crippen molar-refractivity contribution in [3.8, 4) is 17.2 Å². The fraction of sp³-hybridized carbons (Fsp3) is 0.348. The van der Waals surface area contributed by atoms with Crippen LogP contribution in [-0.2, 0) is 4.79 Å². The predicted molar refractivity (Wildman–Crippen MR) is 113 cm³/mol. The van der Waals surface area contributed by atoms with Gasteiger partial charge in [0.25, 0.3) is 0 Å². The van der Waals surface area contributed by atoms with Gasteiger partial charge in [-0.1, -0.05) is 31.5 Å². The van der Waals surface area contributed by atoms with Crippen molar-refractivity contribution in [2.45, 2.75) is 39.7 Å². The van der Waals surface area contributed by atoms with E-state index in [1.165, 1.54) is 6.08 Å². The maximum atomic E-state index is 12.3. The van der Waals surface area contributed by atoms with Crippen molar-refractivity contribution in [1.82, 2.24) is 0 Å². The Labute approximate surface area is 167 Å². The van der Waals surface area contributed by atoms with Crippen LogP contribution in [-0.4, -0.2) is 25.7 Å². The fourth-order valence-corrected chi connectivity index (χ4v) is 2.51. The van der Waals surface area contributed by atoms with Crippen molar-refractivity contribution in [3.63, 3.8) is 0 Å². The van der Waals surface area contributed by atoms with Crippen molar-refractivity contribution >= 4 is 17.7 Å². The number of carbonyl (C=O) groups excluding carboxylic acids is 1. The number of hydrogen-bond donors (Lipinski definition) is 1. The van der Waals surface area contributed by atoms with Gasteiger partial charge in [-0.05, 0) is 56.2 Å². The van der Waals surface area contributed by atoms with E-state index in [1.807, 2.05) is 56.3 Å². The number of unbranched alkanes of at least 4 members (excludes halogenated alkanes) is 1. The largest absolute Gasteiger partial charge is 0.493 e. The topological polar surface area (TPSA) is 56.8 Å². The summed E-state index contributed by atoms with van der Waals surface area (Å²) in [7, 11) is 1.60. The zero-order valence-corrected chi connectivity index (χ0v) is 17.0. The second-order valence-corrected chi connectivity index (χ2v) is 6.60. The normalized spacial score (nSPS) is 10.9. The minimum atomic E-state index is -0.229. The Hall–Kier alpha value is -2.95. The molecule has 1 amide bonds. The van der Waals surface area contributed by atoms with Gasteiger partial charge in [-0.2, -0.15) is 0 Å². The Kier molecular flexibility index (Phi) is 8.40. The number of ether oxygens (including phenoxy) is 3. The molecule has 0 aliphatic rings. The molecule has 0 bridgehead atoms. The first-order valence-electron chi connectivity index (χ1n) is 9.59. The summed E-state index contributed by atoms with van der Waals surface area (Å²) in [5.41, 5.74) is 1.50. The average molecular weight is 383 g/mol. The lowest BCUT2D eigenvalue weighted by Crippen LogP contribution is -2.09. The lowest BCUT2D eigenvalue weighted by molar-refractivity contribution is -0.111. The molecule has 0 aromatic heterocycles. The monoisotopic (exact) mass is 383 g/mol. The number of amides is 1. The van der Waals surface area contributed by atoms with Crippen LogP contribution in [0, 0.1) is 0 Å². The first-order valence-corrected chi connectivity index (χ1v) is 9.59. The number of nitrogens with one attached hydrogen (secondary N) is 1. The van der Waals surface area contributed by atoms with Crippen molar-refractivity contribution in [2.24, 2.45) is 0 Å². The van der Waals surface area contributed by atoms with Crippen LogP contribution >= 0.6 is 0 Å². The van der Waals surface area contributed by atoms with Gasteiger partial charge in [-0.15, -0.1) is 0 Å². The third-order valence-electron chi connectivity index (χ3n) is 3.88. The van der Waals surface area contributed by atoms with Gasteiger partial charge in [0.1, 0.15) is 5.75 Å². The molecule has 0 saturated heterocycles. The molecule has 2 aromatic carbocycles. The lowest BCUT2D eigenvalue weighted by atomic mass is 10.2. The number of benzene rings is 2. The first-order chi connectivity index (χ1) is 13.5. The molecule has 0 saturated carbocycles. The Morgan fingerprint density at radius 2 is 1.89 bits per heavy atom. The van der Waals surface area contributed by atoms with Gasteiger partial charge in [0.2, 0.25) is 5.91 Å². The van der Waals surface area contributed by atoms with E-state index in [0.717, 1.165) is 18.4 Å². The van der Waals surface area contributed by atoms with Crippen molar-refractivity contribution in [3.05, 3.63) is 54.1 Å². The summed E-state index contributed by atoms with van der Waals surface area (Å²) < 4.78 is 16.8. The van der Waals surface area contributed by atoms with Crippen LogP contribution in [0.5, 0.6) is 17.2 Å². The molecule has 28 heavy (non-hydrogen) atoms. The van der Waals surface area contributed by atoms with E-state index >= 15 is 0 Å². The molecule has 0 heterocycles. The molecule has 2 rings (SSSR count). The van der Waals surface area contributed by atoms with Crippen LogP contribution in [0.1, 0.15) is 39.2 Å². The van der Waals surface area contributed by atoms with Gasteiger partial charge in [0.05, 0.1) is 25.5 Å². The summed E-state index contributed by atoms with van der Waals surface area (Å²) in [4.78, 5) is 12.3. The van der Waals surface area contributed by atoms with Gasteiger partial charge < -0.3 is 19.5 Å². The zero-order chi connectivity index (χ0) is 20.4. The van der Waals surface area contributed by atoms with Gasteiger partial charge in [-0.3, -0.25) is 4.79 Å². The number of para-hydroxylation sites is 2. The number of anilines is 1. The van der Waals surface area contributed by atoms with Crippen molar-refractivity contribution in [2.75, 3.05) is 19.0 Å². The van der Waals surface area contributed by atoms with Crippen LogP contribution in [0.2, 0.25) is 0 Å². The molecule has 0 aliphatic heterocycles. The number of methoxy groups -OCH3 is 1. The quantitative estimate of drug-likeness (QED) is 0.446. The first kappa shape index (κ1) is 21.4. The number of carbonyl (C=O) groups is 1. The summed E-state index contributed by atoms with van der Waals surface area (Å²) in [6.07, 6.45) is 5.31. The van der Waals surface area contributed by atoms with Crippen molar-refractivity contribution < 1.29 is 19.0 Å². The molecule has 1 N–H and O–H groups in total. The minimum Gasteiger partial charge on any atom is -0.493 e. The molecule has 0 aliphatic carbocycles. The molecule has 0 atom stereocenters. The highest BCUT2D eigenvalue weighted by Crippen LogP contribution is 2.29. The second kappa shape index (κ2) is 11.0. The SMILES string of the molecule is CCCCOc1ccccc1NC(=O)/C=C/c1ccc(OC(C)C)c(OC)c1. The van der Waals surface area contributed by atoms with Crippen LogP contribution in [0.4, 0.5) is 5.69 Å². The summed E-state index contributed by atoms with van der Waals surface area (Å²) in [5, 5.41) is 2.87. The highest BCUT2D eigenvalue weighted by atomic mass is 16.5. The van der Waals surface area contributed by atoms with E-state index in [-0.39, 0.29) is 12.0 Å². The van der Waals surface area contributed by atoms with Crippen LogP contribution in [0.25, 0.3) is 6.08 Å². The highest BCUT2D eigenvalue weighted by molar-refractivity contribution is 6.02. The second-order valence-electron chi connectivity index (χ2n) is 6.60. The standard InChI is InChI=1S/C23H29NO4/c1-5-6-15-27-20-10-8-7-9-19(20)24-23(25)14-12-18-11-13-21(28-17(2)3)22(16-18)26-4/h7-14,16-17H,5-6,15H2,1-4H3,(H,24,25)/b14-12+. The average Bonchev–Trinajstić information content (AvgIpc) is 2.68. The molecular formula is C23H29NO4. The van der Waals surface area contributed by atoms with Gasteiger partial charge in [0.15, 0.2) is 11.5 Å². The van der Waals surface area contributed by atoms with Crippen LogP contribution < -0.4 is 19.5 Å². The summed E-state index contributed by atoms with van der Waals surface area (Å²) in [6, 6.07) is 13.0. The fourth-order valence-electron chi connectivity index (χ4n) is 2.51. The third-order valence-corrected chi connectivity index (χ3v) is 3.88. The Bertz CT molecular complexity index is 799. The summed E-state index contributed by atoms with van der Waals surface area (Å²) >= 11 is 0. The molecule has 0 fully saturated rings. The molecular weight excluding hydrogens is 354 g/mol. The summed E-state index contributed by atoms with van der Waals surface area (Å²) in [6.45, 7) is 6.66. The molecule has 0 radical (unpaired) electrons. The van der Waals surface area contributed by atoms with Crippen LogP contribution in [0.15, 0.2) is 48.5 Å². The smallest absolute Gasteiger partial charge is 0.248 e. The predicted octanol–water partition coefficient (Wildman–Crippen LogP) is 5.31. The van der Waals surface area contributed by atoms with Gasteiger partial charge >= 0.3 is 0 Å². The third kappa shape index (κ3) is 6.65. The highest BCUT2D eigenvalue weighted by Gasteiger charge is 2.08. The Morgan fingerprint density at radius 1 is 1.11 bits per heavy atom. The number of rotatable bonds is 10. The van der Waals surface area contributed by atoms with Gasteiger partial charge in [0, 0.05) is 6.08 Å². The van der Waals surface area contributed by atoms with E-state index in [9.17, 15) is 4.79 Å².